The molecule has 0 rings (SSSR count). The van der Waals surface area contributed by atoms with E-state index >= 15 is 0 Å². The maximum absolute atomic E-state index is 10.2. The van der Waals surface area contributed by atoms with Gasteiger partial charge >= 0.3 is 0 Å². The molecule has 0 aromatic carbocycles. The molecule has 0 aliphatic rings. The Morgan fingerprint density at radius 2 is 1.39 bits per heavy atom. The van der Waals surface area contributed by atoms with Gasteiger partial charge in [-0.1, -0.05) is 41.5 Å². The lowest BCUT2D eigenvalue weighted by atomic mass is 9.98. The van der Waals surface area contributed by atoms with Crippen LogP contribution in [0.3, 0.4) is 0 Å². The van der Waals surface area contributed by atoms with Crippen molar-refractivity contribution in [3.8, 4) is 0 Å². The minimum Gasteiger partial charge on any atom is -0.371 e. The van der Waals surface area contributed by atoms with E-state index < -0.39 is 0 Å². The fourth-order valence-corrected chi connectivity index (χ4v) is 1.46. The Balaban J connectivity index is 0. The predicted octanol–water partition coefficient (Wildman–Crippen LogP) is 3.28. The number of hydrogen-bond donors (Lipinski definition) is 1. The van der Waals surface area contributed by atoms with Crippen LogP contribution in [0.2, 0.25) is 0 Å². The van der Waals surface area contributed by atoms with Gasteiger partial charge in [0.2, 0.25) is 0 Å². The fourth-order valence-electron chi connectivity index (χ4n) is 1.46. The number of hydrogen-bond acceptors (Lipinski definition) is 3. The summed E-state index contributed by atoms with van der Waals surface area (Å²) in [5, 5.41) is 3.03. The van der Waals surface area contributed by atoms with Crippen molar-refractivity contribution < 1.29 is 9.53 Å². The molecule has 0 heterocycles. The zero-order valence-corrected chi connectivity index (χ0v) is 13.3. The summed E-state index contributed by atoms with van der Waals surface area (Å²) in [4.78, 5) is 10.2. The van der Waals surface area contributed by atoms with Crippen LogP contribution in [0.1, 0.15) is 54.4 Å². The van der Waals surface area contributed by atoms with E-state index in [1.54, 1.807) is 0 Å². The first kappa shape index (κ1) is 19.9. The summed E-state index contributed by atoms with van der Waals surface area (Å²) in [7, 11) is 1.95. The van der Waals surface area contributed by atoms with Gasteiger partial charge in [0.05, 0.1) is 6.10 Å². The average Bonchev–Trinajstić information content (AvgIpc) is 2.25. The van der Waals surface area contributed by atoms with Gasteiger partial charge in [-0.3, -0.25) is 0 Å². The van der Waals surface area contributed by atoms with Crippen LogP contribution in [0.5, 0.6) is 0 Å². The average molecular weight is 259 g/mol. The Bertz CT molecular complexity index is 169. The zero-order chi connectivity index (χ0) is 14.6. The molecule has 0 saturated carbocycles. The van der Waals surface area contributed by atoms with E-state index in [9.17, 15) is 4.79 Å². The molecule has 3 heteroatoms. The summed E-state index contributed by atoms with van der Waals surface area (Å²) in [5.74, 6) is 1.27. The van der Waals surface area contributed by atoms with Gasteiger partial charge in [0, 0.05) is 6.04 Å². The normalized spacial score (nSPS) is 11.1. The van der Waals surface area contributed by atoms with Crippen LogP contribution in [0.4, 0.5) is 0 Å². The molecule has 3 nitrogen and oxygen atoms in total. The molecular formula is C15H33NO2. The lowest BCUT2D eigenvalue weighted by Crippen LogP contribution is -2.19. The standard InChI is InChI=1S/C11H22O2.C4H11N/c1-9(2)7-11(8-10(3)4)13-6-5-12;1-4(2)5-3/h5,9-11H,6-8H2,1-4H3;4-5H,1-3H3. The number of rotatable bonds is 8. The number of aldehydes is 1. The van der Waals surface area contributed by atoms with Crippen LogP contribution in [-0.2, 0) is 9.53 Å². The first-order valence-electron chi connectivity index (χ1n) is 7.05. The zero-order valence-electron chi connectivity index (χ0n) is 13.3. The minimum atomic E-state index is 0.240. The summed E-state index contributed by atoms with van der Waals surface area (Å²) in [6.07, 6.45) is 3.18. The van der Waals surface area contributed by atoms with Gasteiger partial charge in [0.15, 0.2) is 0 Å². The van der Waals surface area contributed by atoms with Crippen molar-refractivity contribution in [3.63, 3.8) is 0 Å². The van der Waals surface area contributed by atoms with E-state index in [1.807, 2.05) is 7.05 Å². The number of carbonyl (C=O) groups is 1. The van der Waals surface area contributed by atoms with Crippen molar-refractivity contribution in [3.05, 3.63) is 0 Å². The van der Waals surface area contributed by atoms with Gasteiger partial charge in [-0.05, 0) is 31.7 Å². The van der Waals surface area contributed by atoms with Crippen molar-refractivity contribution in [2.24, 2.45) is 11.8 Å². The molecule has 0 unspecified atom stereocenters. The fraction of sp³-hybridized carbons (Fsp3) is 0.933. The Kier molecular flexibility index (Phi) is 14.4. The number of carbonyl (C=O) groups excluding carboxylic acids is 1. The van der Waals surface area contributed by atoms with E-state index in [-0.39, 0.29) is 12.7 Å². The van der Waals surface area contributed by atoms with Crippen molar-refractivity contribution in [2.45, 2.75) is 66.5 Å². The van der Waals surface area contributed by atoms with Gasteiger partial charge in [0.25, 0.3) is 0 Å². The topological polar surface area (TPSA) is 38.3 Å². The predicted molar refractivity (Wildman–Crippen MR) is 78.9 cm³/mol. The van der Waals surface area contributed by atoms with E-state index in [1.165, 1.54) is 0 Å². The molecule has 0 radical (unpaired) electrons. The molecule has 0 aromatic rings. The minimum absolute atomic E-state index is 0.240. The third kappa shape index (κ3) is 18.0. The van der Waals surface area contributed by atoms with Crippen molar-refractivity contribution in [2.75, 3.05) is 13.7 Å². The van der Waals surface area contributed by atoms with E-state index in [0.29, 0.717) is 17.9 Å². The quantitative estimate of drug-likeness (QED) is 0.680. The van der Waals surface area contributed by atoms with Crippen LogP contribution in [0.15, 0.2) is 0 Å². The van der Waals surface area contributed by atoms with E-state index in [2.05, 4.69) is 46.9 Å². The lowest BCUT2D eigenvalue weighted by molar-refractivity contribution is -0.114. The van der Waals surface area contributed by atoms with Crippen molar-refractivity contribution in [1.29, 1.82) is 0 Å². The maximum atomic E-state index is 10.2. The highest BCUT2D eigenvalue weighted by atomic mass is 16.5. The van der Waals surface area contributed by atoms with Gasteiger partial charge in [0.1, 0.15) is 12.9 Å². The van der Waals surface area contributed by atoms with Crippen molar-refractivity contribution >= 4 is 6.29 Å². The Morgan fingerprint density at radius 3 is 1.61 bits per heavy atom. The van der Waals surface area contributed by atoms with Crippen LogP contribution < -0.4 is 5.32 Å². The van der Waals surface area contributed by atoms with Crippen LogP contribution in [0.25, 0.3) is 0 Å². The molecule has 0 aliphatic carbocycles. The van der Waals surface area contributed by atoms with Gasteiger partial charge in [-0.15, -0.1) is 0 Å². The Hall–Kier alpha value is -0.410. The van der Waals surface area contributed by atoms with E-state index in [0.717, 1.165) is 19.1 Å². The highest BCUT2D eigenvalue weighted by Gasteiger charge is 2.12. The molecule has 0 atom stereocenters. The number of ether oxygens (including phenoxy) is 1. The van der Waals surface area contributed by atoms with Gasteiger partial charge < -0.3 is 14.8 Å². The third-order valence-electron chi connectivity index (χ3n) is 2.45. The molecule has 0 saturated heterocycles. The molecule has 0 aliphatic heterocycles. The molecule has 0 aromatic heterocycles. The van der Waals surface area contributed by atoms with E-state index in [4.69, 9.17) is 4.74 Å². The highest BCUT2D eigenvalue weighted by Crippen LogP contribution is 2.16. The summed E-state index contributed by atoms with van der Waals surface area (Å²) < 4.78 is 5.44. The number of nitrogens with one attached hydrogen (secondary N) is 1. The second-order valence-corrected chi connectivity index (χ2v) is 5.82. The van der Waals surface area contributed by atoms with Crippen molar-refractivity contribution in [1.82, 2.24) is 5.32 Å². The molecule has 0 bridgehead atoms. The first-order chi connectivity index (χ1) is 8.33. The third-order valence-corrected chi connectivity index (χ3v) is 2.45. The highest BCUT2D eigenvalue weighted by molar-refractivity contribution is 5.50. The summed E-state index contributed by atoms with van der Waals surface area (Å²) in [6.45, 7) is 13.2. The Labute approximate surface area is 114 Å². The molecule has 0 amide bonds. The second-order valence-electron chi connectivity index (χ2n) is 5.82. The van der Waals surface area contributed by atoms with Crippen LogP contribution in [-0.4, -0.2) is 32.1 Å². The second kappa shape index (κ2) is 13.0. The van der Waals surface area contributed by atoms with Crippen LogP contribution in [0, 0.1) is 11.8 Å². The smallest absolute Gasteiger partial charge is 0.145 e. The van der Waals surface area contributed by atoms with Crippen LogP contribution >= 0.6 is 0 Å². The molecular weight excluding hydrogens is 226 g/mol. The first-order valence-corrected chi connectivity index (χ1v) is 7.05. The molecule has 0 spiro atoms. The molecule has 0 fully saturated rings. The lowest BCUT2D eigenvalue weighted by Gasteiger charge is -2.20. The van der Waals surface area contributed by atoms with Gasteiger partial charge in [-0.2, -0.15) is 0 Å². The summed E-state index contributed by atoms with van der Waals surface area (Å²) in [5.41, 5.74) is 0. The largest absolute Gasteiger partial charge is 0.371 e. The van der Waals surface area contributed by atoms with Gasteiger partial charge in [-0.25, -0.2) is 0 Å². The summed E-state index contributed by atoms with van der Waals surface area (Å²) >= 11 is 0. The summed E-state index contributed by atoms with van der Waals surface area (Å²) in [6, 6.07) is 0.634. The molecule has 18 heavy (non-hydrogen) atoms. The Morgan fingerprint density at radius 1 is 1.00 bits per heavy atom. The maximum Gasteiger partial charge on any atom is 0.145 e. The SMILES string of the molecule is CC(C)CC(CC(C)C)OCC=O.CNC(C)C. The molecule has 110 valence electrons. The monoisotopic (exact) mass is 259 g/mol. The molecule has 1 N–H and O–H groups in total.